The van der Waals surface area contributed by atoms with Crippen LogP contribution in [0, 0.1) is 16.7 Å². The summed E-state index contributed by atoms with van der Waals surface area (Å²) in [6, 6.07) is 18.0. The van der Waals surface area contributed by atoms with Crippen LogP contribution in [0.5, 0.6) is 0 Å². The summed E-state index contributed by atoms with van der Waals surface area (Å²) in [5, 5.41) is 14.9. The van der Waals surface area contributed by atoms with Gasteiger partial charge in [0.15, 0.2) is 5.60 Å². The monoisotopic (exact) mass is 430 g/mol. The Kier molecular flexibility index (Phi) is 4.61. The molecule has 5 rings (SSSR count). The molecule has 5 nitrogen and oxygen atoms in total. The van der Waals surface area contributed by atoms with E-state index in [2.05, 4.69) is 20.4 Å². The highest BCUT2D eigenvalue weighted by molar-refractivity contribution is 6.06. The Morgan fingerprint density at radius 1 is 1.16 bits per heavy atom. The predicted octanol–water partition coefficient (Wildman–Crippen LogP) is 4.44. The van der Waals surface area contributed by atoms with Crippen LogP contribution in [0.15, 0.2) is 73.3 Å². The van der Waals surface area contributed by atoms with Crippen molar-refractivity contribution in [3.63, 3.8) is 0 Å². The molecule has 3 aliphatic rings. The molecule has 2 aliphatic carbocycles. The van der Waals surface area contributed by atoms with Crippen molar-refractivity contribution in [2.24, 2.45) is 16.7 Å². The van der Waals surface area contributed by atoms with Crippen molar-refractivity contribution in [2.75, 3.05) is 5.01 Å². The predicted molar refractivity (Wildman–Crippen MR) is 123 cm³/mol. The average Bonchev–Trinajstić information content (AvgIpc) is 3.32. The number of amides is 2. The quantitative estimate of drug-likeness (QED) is 0.714. The number of carbonyl (C=O) groups is 2. The number of benzene rings is 2. The molecule has 0 radical (unpaired) electrons. The lowest BCUT2D eigenvalue weighted by atomic mass is 9.67. The second kappa shape index (κ2) is 7.04. The number of hydrogen-bond acceptors (Lipinski definition) is 3. The zero-order chi connectivity index (χ0) is 22.7. The van der Waals surface area contributed by atoms with Gasteiger partial charge in [-0.05, 0) is 48.3 Å². The minimum atomic E-state index is -1.80. The number of anilines is 1. The van der Waals surface area contributed by atoms with Crippen LogP contribution in [0.1, 0.15) is 45.1 Å². The van der Waals surface area contributed by atoms with Gasteiger partial charge in [0.1, 0.15) is 0 Å². The van der Waals surface area contributed by atoms with Crippen molar-refractivity contribution in [1.29, 1.82) is 0 Å². The summed E-state index contributed by atoms with van der Waals surface area (Å²) >= 11 is 0. The first-order chi connectivity index (χ1) is 15.3. The normalized spacial score (nSPS) is 29.7. The molecule has 1 saturated heterocycles. The third-order valence-corrected chi connectivity index (χ3v) is 8.47. The molecule has 32 heavy (non-hydrogen) atoms. The Hall–Kier alpha value is -2.92. The second-order valence-corrected chi connectivity index (χ2v) is 10.0. The Labute approximate surface area is 189 Å². The van der Waals surface area contributed by atoms with Crippen LogP contribution in [0.2, 0.25) is 0 Å². The first-order valence-electron chi connectivity index (χ1n) is 11.4. The van der Waals surface area contributed by atoms with Crippen molar-refractivity contribution >= 4 is 17.5 Å². The third kappa shape index (κ3) is 2.49. The van der Waals surface area contributed by atoms with Gasteiger partial charge in [-0.25, -0.2) is 10.0 Å². The summed E-state index contributed by atoms with van der Waals surface area (Å²) in [6.45, 7) is 8.13. The van der Waals surface area contributed by atoms with E-state index < -0.39 is 16.9 Å². The lowest BCUT2D eigenvalue weighted by molar-refractivity contribution is -0.155. The Balaban J connectivity index is 1.68. The van der Waals surface area contributed by atoms with E-state index in [1.165, 1.54) is 0 Å². The van der Waals surface area contributed by atoms with Gasteiger partial charge in [-0.15, -0.1) is 6.58 Å². The van der Waals surface area contributed by atoms with Crippen molar-refractivity contribution in [3.05, 3.63) is 78.9 Å². The highest BCUT2D eigenvalue weighted by atomic mass is 16.3. The van der Waals surface area contributed by atoms with E-state index in [1.54, 1.807) is 28.2 Å². The van der Waals surface area contributed by atoms with E-state index in [1.807, 2.05) is 48.5 Å². The van der Waals surface area contributed by atoms with Gasteiger partial charge in [0.25, 0.3) is 11.8 Å². The molecular formula is C27H30N2O3. The summed E-state index contributed by atoms with van der Waals surface area (Å²) in [6.07, 6.45) is 4.17. The zero-order valence-corrected chi connectivity index (χ0v) is 18.7. The van der Waals surface area contributed by atoms with Gasteiger partial charge in [-0.2, -0.15) is 0 Å². The Bertz CT molecular complexity index is 1070. The highest BCUT2D eigenvalue weighted by Crippen LogP contribution is 2.70. The second-order valence-electron chi connectivity index (χ2n) is 10.0. The molecule has 2 aromatic carbocycles. The van der Waals surface area contributed by atoms with E-state index in [9.17, 15) is 14.7 Å². The lowest BCUT2D eigenvalue weighted by Gasteiger charge is -2.39. The molecule has 1 N–H and O–H groups in total. The van der Waals surface area contributed by atoms with E-state index in [0.717, 1.165) is 19.3 Å². The number of para-hydroxylation sites is 1. The molecular weight excluding hydrogens is 400 g/mol. The number of hydrogen-bond donors (Lipinski definition) is 1. The van der Waals surface area contributed by atoms with Crippen LogP contribution in [-0.2, 0) is 15.2 Å². The Morgan fingerprint density at radius 3 is 2.38 bits per heavy atom. The number of carbonyl (C=O) groups excluding carboxylic acids is 2. The van der Waals surface area contributed by atoms with Gasteiger partial charge < -0.3 is 5.11 Å². The van der Waals surface area contributed by atoms with Crippen molar-refractivity contribution in [3.8, 4) is 0 Å². The maximum atomic E-state index is 14.2. The van der Waals surface area contributed by atoms with Gasteiger partial charge in [0.05, 0.1) is 17.1 Å². The number of fused-ring (bicyclic) bond motifs is 1. The molecule has 4 atom stereocenters. The molecule has 1 aliphatic heterocycles. The number of rotatable bonds is 5. The summed E-state index contributed by atoms with van der Waals surface area (Å²) in [5.41, 5.74) is -1.47. The minimum absolute atomic E-state index is 0.0268. The lowest BCUT2D eigenvalue weighted by Crippen LogP contribution is -2.55. The maximum absolute atomic E-state index is 14.2. The van der Waals surface area contributed by atoms with Gasteiger partial charge in [-0.1, -0.05) is 68.5 Å². The molecule has 2 amide bonds. The van der Waals surface area contributed by atoms with Gasteiger partial charge in [0.2, 0.25) is 0 Å². The first kappa shape index (κ1) is 21.0. The van der Waals surface area contributed by atoms with Crippen LogP contribution in [0.3, 0.4) is 0 Å². The van der Waals surface area contributed by atoms with Gasteiger partial charge >= 0.3 is 0 Å². The summed E-state index contributed by atoms with van der Waals surface area (Å²) in [4.78, 5) is 28.4. The van der Waals surface area contributed by atoms with Gasteiger partial charge in [0, 0.05) is 6.42 Å². The average molecular weight is 431 g/mol. The molecule has 1 spiro atoms. The molecule has 0 aromatic heterocycles. The fourth-order valence-corrected chi connectivity index (χ4v) is 6.67. The van der Waals surface area contributed by atoms with Crippen LogP contribution in [0.25, 0.3) is 0 Å². The van der Waals surface area contributed by atoms with Crippen LogP contribution < -0.4 is 5.01 Å². The standard InChI is InChI=1S/C27H30N2O3/c1-4-16-27(32,19-11-7-5-8-12-19)24(31)29-22-18-20-15-17-26(22,25(20,2)3)23(30)28(29)21-13-9-6-10-14-21/h4-14,20,22,32H,1,15-18H2,2-3H3/t20-,22+,26+,27-/m1/s1. The van der Waals surface area contributed by atoms with E-state index in [-0.39, 0.29) is 23.8 Å². The van der Waals surface area contributed by atoms with E-state index in [0.29, 0.717) is 17.2 Å². The smallest absolute Gasteiger partial charge is 0.278 e. The van der Waals surface area contributed by atoms with Gasteiger partial charge in [-0.3, -0.25) is 9.59 Å². The third-order valence-electron chi connectivity index (χ3n) is 8.47. The topological polar surface area (TPSA) is 60.9 Å². The first-order valence-corrected chi connectivity index (χ1v) is 11.4. The minimum Gasteiger partial charge on any atom is -0.375 e. The maximum Gasteiger partial charge on any atom is 0.278 e. The molecule has 5 heteroatoms. The number of nitrogens with zero attached hydrogens (tertiary/aromatic N) is 2. The zero-order valence-electron chi connectivity index (χ0n) is 18.7. The van der Waals surface area contributed by atoms with Crippen molar-refractivity contribution in [1.82, 2.24) is 5.01 Å². The summed E-state index contributed by atoms with van der Waals surface area (Å²) < 4.78 is 0. The fourth-order valence-electron chi connectivity index (χ4n) is 6.67. The molecule has 2 aromatic rings. The van der Waals surface area contributed by atoms with E-state index in [4.69, 9.17) is 0 Å². The number of aliphatic hydroxyl groups is 1. The van der Waals surface area contributed by atoms with Crippen molar-refractivity contribution < 1.29 is 14.7 Å². The van der Waals surface area contributed by atoms with Crippen LogP contribution in [0.4, 0.5) is 5.69 Å². The fraction of sp³-hybridized carbons (Fsp3) is 0.407. The summed E-state index contributed by atoms with van der Waals surface area (Å²) in [5.74, 6) is -0.110. The molecule has 1 heterocycles. The molecule has 166 valence electrons. The Morgan fingerprint density at radius 2 is 1.78 bits per heavy atom. The molecule has 0 unspecified atom stereocenters. The van der Waals surface area contributed by atoms with Crippen LogP contribution >= 0.6 is 0 Å². The number of hydrazine groups is 1. The highest BCUT2D eigenvalue weighted by Gasteiger charge is 2.75. The molecule has 3 fully saturated rings. The van der Waals surface area contributed by atoms with Crippen LogP contribution in [-0.4, -0.2) is 28.0 Å². The SMILES string of the molecule is C=CC[C@](O)(C(=O)N1[C@H]2C[C@H]3CC[C@]2(C(=O)N1c1ccccc1)C3(C)C)c1ccccc1. The van der Waals surface area contributed by atoms with Crippen molar-refractivity contribution in [2.45, 2.75) is 51.2 Å². The largest absolute Gasteiger partial charge is 0.375 e. The summed E-state index contributed by atoms with van der Waals surface area (Å²) in [7, 11) is 0. The molecule has 2 bridgehead atoms. The molecule has 2 saturated carbocycles. The van der Waals surface area contributed by atoms with E-state index >= 15 is 0 Å².